The molecule has 10 heteroatoms. The van der Waals surface area contributed by atoms with Crippen molar-refractivity contribution < 1.29 is 27.5 Å². The smallest absolute Gasteiger partial charge is 0.378 e. The van der Waals surface area contributed by atoms with Crippen molar-refractivity contribution >= 4 is 17.5 Å². The number of hydrogen-bond acceptors (Lipinski definition) is 4. The van der Waals surface area contributed by atoms with Crippen LogP contribution in [0.25, 0.3) is 0 Å². The third kappa shape index (κ3) is 4.69. The summed E-state index contributed by atoms with van der Waals surface area (Å²) in [5.41, 5.74) is 1.43. The van der Waals surface area contributed by atoms with Crippen molar-refractivity contribution in [1.82, 2.24) is 14.7 Å². The van der Waals surface area contributed by atoms with Crippen LogP contribution in [0.3, 0.4) is 0 Å². The number of carbonyl (C=O) groups excluding carboxylic acids is 2. The molecule has 0 spiro atoms. The van der Waals surface area contributed by atoms with Gasteiger partial charge in [-0.1, -0.05) is 6.07 Å². The number of anilines is 1. The number of nitrogens with zero attached hydrogens (tertiary/aromatic N) is 3. The molecule has 0 radical (unpaired) electrons. The topological polar surface area (TPSA) is 76.5 Å². The Bertz CT molecular complexity index is 873. The van der Waals surface area contributed by atoms with Gasteiger partial charge in [0.1, 0.15) is 6.54 Å². The van der Waals surface area contributed by atoms with Crippen molar-refractivity contribution in [2.75, 3.05) is 31.6 Å². The van der Waals surface area contributed by atoms with Crippen LogP contribution < -0.4 is 5.32 Å². The molecule has 0 aliphatic carbocycles. The Hall–Kier alpha value is -2.88. The Morgan fingerprint density at radius 3 is 2.64 bits per heavy atom. The molecule has 0 saturated carbocycles. The van der Waals surface area contributed by atoms with Crippen LogP contribution in [0.1, 0.15) is 26.3 Å². The second-order valence-electron chi connectivity index (χ2n) is 6.38. The third-order valence-electron chi connectivity index (χ3n) is 4.35. The number of alkyl halides is 3. The molecule has 3 rings (SSSR count). The van der Waals surface area contributed by atoms with Crippen molar-refractivity contribution in [1.29, 1.82) is 0 Å². The summed E-state index contributed by atoms with van der Waals surface area (Å²) in [6, 6.07) is 4.94. The highest BCUT2D eigenvalue weighted by atomic mass is 19.4. The van der Waals surface area contributed by atoms with Crippen LogP contribution in [0.5, 0.6) is 0 Å². The van der Waals surface area contributed by atoms with Gasteiger partial charge < -0.3 is 15.0 Å². The zero-order chi connectivity index (χ0) is 20.3. The third-order valence-corrected chi connectivity index (χ3v) is 4.35. The molecule has 2 aromatic rings. The lowest BCUT2D eigenvalue weighted by Gasteiger charge is -2.27. The van der Waals surface area contributed by atoms with Crippen LogP contribution in [0, 0.1) is 6.92 Å². The van der Waals surface area contributed by atoms with E-state index in [0.717, 1.165) is 12.4 Å². The van der Waals surface area contributed by atoms with Gasteiger partial charge >= 0.3 is 6.18 Å². The van der Waals surface area contributed by atoms with E-state index in [1.807, 2.05) is 0 Å². The molecule has 1 aromatic heterocycles. The zero-order valence-electron chi connectivity index (χ0n) is 15.1. The van der Waals surface area contributed by atoms with Crippen molar-refractivity contribution in [3.63, 3.8) is 0 Å². The molecule has 0 bridgehead atoms. The lowest BCUT2D eigenvalue weighted by molar-refractivity contribution is -0.142. The van der Waals surface area contributed by atoms with Gasteiger partial charge in [0.25, 0.3) is 11.8 Å². The Morgan fingerprint density at radius 1 is 1.25 bits per heavy atom. The maximum Gasteiger partial charge on any atom is 0.408 e. The van der Waals surface area contributed by atoms with Gasteiger partial charge in [0.15, 0.2) is 0 Å². The van der Waals surface area contributed by atoms with E-state index in [1.165, 1.54) is 0 Å². The number of ether oxygens (including phenoxy) is 1. The van der Waals surface area contributed by atoms with Crippen LogP contribution in [-0.2, 0) is 11.3 Å². The van der Waals surface area contributed by atoms with Crippen LogP contribution >= 0.6 is 0 Å². The summed E-state index contributed by atoms with van der Waals surface area (Å²) in [6.07, 6.45) is -2.33. The fourth-order valence-corrected chi connectivity index (χ4v) is 2.89. The van der Waals surface area contributed by atoms with E-state index in [9.17, 15) is 22.8 Å². The molecule has 2 heterocycles. The average Bonchev–Trinajstić information content (AvgIpc) is 3.10. The van der Waals surface area contributed by atoms with Gasteiger partial charge in [-0.15, -0.1) is 0 Å². The van der Waals surface area contributed by atoms with Gasteiger partial charge in [0.2, 0.25) is 0 Å². The molecule has 1 aliphatic rings. The van der Waals surface area contributed by atoms with Gasteiger partial charge in [-0.3, -0.25) is 14.3 Å². The summed E-state index contributed by atoms with van der Waals surface area (Å²) < 4.78 is 43.2. The second-order valence-corrected chi connectivity index (χ2v) is 6.38. The molecule has 28 heavy (non-hydrogen) atoms. The number of hydrogen-bond donors (Lipinski definition) is 1. The molecule has 1 N–H and O–H groups in total. The normalized spacial score (nSPS) is 14.8. The Morgan fingerprint density at radius 2 is 1.96 bits per heavy atom. The first kappa shape index (κ1) is 19.9. The van der Waals surface area contributed by atoms with Gasteiger partial charge in [-0.05, 0) is 24.6 Å². The highest BCUT2D eigenvalue weighted by Gasteiger charge is 2.29. The molecule has 1 aliphatic heterocycles. The van der Waals surface area contributed by atoms with Crippen molar-refractivity contribution in [3.8, 4) is 0 Å². The molecule has 2 amide bonds. The van der Waals surface area contributed by atoms with E-state index in [-0.39, 0.29) is 11.5 Å². The summed E-state index contributed by atoms with van der Waals surface area (Å²) in [7, 11) is 0. The first-order chi connectivity index (χ1) is 13.2. The number of halogens is 3. The van der Waals surface area contributed by atoms with Crippen LogP contribution in [0.2, 0.25) is 0 Å². The summed E-state index contributed by atoms with van der Waals surface area (Å²) in [5.74, 6) is -0.762. The van der Waals surface area contributed by atoms with Gasteiger partial charge in [-0.25, -0.2) is 0 Å². The van der Waals surface area contributed by atoms with Crippen molar-refractivity contribution in [2.24, 2.45) is 0 Å². The molecule has 1 saturated heterocycles. The number of rotatable bonds is 4. The number of amides is 2. The van der Waals surface area contributed by atoms with E-state index in [0.29, 0.717) is 47.8 Å². The van der Waals surface area contributed by atoms with Crippen LogP contribution in [0.4, 0.5) is 18.9 Å². The molecule has 1 fully saturated rings. The maximum absolute atomic E-state index is 12.7. The zero-order valence-corrected chi connectivity index (χ0v) is 15.1. The summed E-state index contributed by atoms with van der Waals surface area (Å²) in [5, 5.41) is 6.19. The lowest BCUT2D eigenvalue weighted by atomic mass is 10.0. The predicted molar refractivity (Wildman–Crippen MR) is 94.1 cm³/mol. The summed E-state index contributed by atoms with van der Waals surface area (Å²) in [4.78, 5) is 26.8. The minimum atomic E-state index is -4.43. The monoisotopic (exact) mass is 396 g/mol. The van der Waals surface area contributed by atoms with Gasteiger partial charge in [0.05, 0.1) is 25.0 Å². The fraction of sp³-hybridized carbons (Fsp3) is 0.389. The standard InChI is InChI=1S/C18H19F3N4O3/c1-12-14(17(27)24-5-7-28-8-6-24)3-2-4-15(12)23-16(26)13-9-22-25(10-13)11-18(19,20)21/h2-4,9-10H,5-8,11H2,1H3,(H,23,26). The number of aromatic nitrogens is 2. The number of nitrogens with one attached hydrogen (secondary N) is 1. The number of benzene rings is 1. The van der Waals surface area contributed by atoms with Gasteiger partial charge in [0, 0.05) is 30.5 Å². The van der Waals surface area contributed by atoms with E-state index in [4.69, 9.17) is 4.74 Å². The van der Waals surface area contributed by atoms with Crippen LogP contribution in [0.15, 0.2) is 30.6 Å². The average molecular weight is 396 g/mol. The number of morpholine rings is 1. The molecule has 150 valence electrons. The molecule has 0 unspecified atom stereocenters. The predicted octanol–water partition coefficient (Wildman–Crippen LogP) is 2.48. The minimum Gasteiger partial charge on any atom is -0.378 e. The Balaban J connectivity index is 1.74. The summed E-state index contributed by atoms with van der Waals surface area (Å²) >= 11 is 0. The van der Waals surface area contributed by atoms with E-state index in [2.05, 4.69) is 10.4 Å². The van der Waals surface area contributed by atoms with Gasteiger partial charge in [-0.2, -0.15) is 18.3 Å². The highest BCUT2D eigenvalue weighted by Crippen LogP contribution is 2.22. The molecule has 7 nitrogen and oxygen atoms in total. The molecular weight excluding hydrogens is 377 g/mol. The van der Waals surface area contributed by atoms with Crippen LogP contribution in [-0.4, -0.2) is 59.0 Å². The second kappa shape index (κ2) is 8.01. The molecule has 1 aromatic carbocycles. The SMILES string of the molecule is Cc1c(NC(=O)c2cnn(CC(F)(F)F)c2)cccc1C(=O)N1CCOCC1. The first-order valence-corrected chi connectivity index (χ1v) is 8.62. The van der Waals surface area contributed by atoms with E-state index in [1.54, 1.807) is 30.0 Å². The van der Waals surface area contributed by atoms with Crippen molar-refractivity contribution in [2.45, 2.75) is 19.6 Å². The quantitative estimate of drug-likeness (QED) is 0.862. The van der Waals surface area contributed by atoms with E-state index < -0.39 is 18.6 Å². The van der Waals surface area contributed by atoms with Crippen molar-refractivity contribution in [3.05, 3.63) is 47.3 Å². The fourth-order valence-electron chi connectivity index (χ4n) is 2.89. The highest BCUT2D eigenvalue weighted by molar-refractivity contribution is 6.05. The summed E-state index contributed by atoms with van der Waals surface area (Å²) in [6.45, 7) is 2.37. The first-order valence-electron chi connectivity index (χ1n) is 8.62. The largest absolute Gasteiger partial charge is 0.408 e. The Kier molecular flexibility index (Phi) is 5.68. The number of carbonyl (C=O) groups is 2. The molecular formula is C18H19F3N4O3. The Labute approximate surface area is 159 Å². The minimum absolute atomic E-state index is 0.00596. The van der Waals surface area contributed by atoms with E-state index >= 15 is 0 Å². The maximum atomic E-state index is 12.7. The lowest BCUT2D eigenvalue weighted by Crippen LogP contribution is -2.41. The molecule has 0 atom stereocenters.